The number of benzene rings is 1. The van der Waals surface area contributed by atoms with Gasteiger partial charge in [-0.3, -0.25) is 4.79 Å². The SMILES string of the molecule is COC(CN)CC(=O)NCC1(c2ccc(Cl)cc2)CCOCC1.Cl. The molecule has 0 saturated carbocycles. The lowest BCUT2D eigenvalue weighted by atomic mass is 9.74. The number of amides is 1. The van der Waals surface area contributed by atoms with Crippen molar-refractivity contribution in [1.29, 1.82) is 0 Å². The fourth-order valence-electron chi connectivity index (χ4n) is 2.94. The summed E-state index contributed by atoms with van der Waals surface area (Å²) in [6.07, 6.45) is 1.79. The highest BCUT2D eigenvalue weighted by Gasteiger charge is 2.34. The first kappa shape index (κ1) is 21.2. The van der Waals surface area contributed by atoms with Gasteiger partial charge < -0.3 is 20.5 Å². The highest BCUT2D eigenvalue weighted by molar-refractivity contribution is 6.30. The summed E-state index contributed by atoms with van der Waals surface area (Å²) < 4.78 is 10.7. The summed E-state index contributed by atoms with van der Waals surface area (Å²) in [5.74, 6) is -0.0397. The van der Waals surface area contributed by atoms with E-state index in [0.717, 1.165) is 12.8 Å². The van der Waals surface area contributed by atoms with Gasteiger partial charge in [0.15, 0.2) is 0 Å². The second kappa shape index (κ2) is 10.2. The van der Waals surface area contributed by atoms with Crippen LogP contribution in [0.25, 0.3) is 0 Å². The Kier molecular flexibility index (Phi) is 9.02. The van der Waals surface area contributed by atoms with E-state index in [1.165, 1.54) is 5.56 Å². The topological polar surface area (TPSA) is 73.6 Å². The van der Waals surface area contributed by atoms with Gasteiger partial charge in [-0.1, -0.05) is 23.7 Å². The van der Waals surface area contributed by atoms with Gasteiger partial charge in [0.25, 0.3) is 0 Å². The minimum atomic E-state index is -0.240. The van der Waals surface area contributed by atoms with Gasteiger partial charge in [0.05, 0.1) is 12.5 Å². The number of ether oxygens (including phenoxy) is 2. The third-order valence-corrected chi connectivity index (χ3v) is 4.79. The van der Waals surface area contributed by atoms with Gasteiger partial charge in [-0.2, -0.15) is 0 Å². The first-order valence-corrected chi connectivity index (χ1v) is 8.31. The third kappa shape index (κ3) is 5.60. The van der Waals surface area contributed by atoms with Crippen molar-refractivity contribution in [3.63, 3.8) is 0 Å². The lowest BCUT2D eigenvalue weighted by Crippen LogP contribution is -2.45. The summed E-state index contributed by atoms with van der Waals surface area (Å²) in [5.41, 5.74) is 6.65. The number of halogens is 2. The largest absolute Gasteiger partial charge is 0.381 e. The standard InChI is InChI=1S/C17H25ClN2O3.ClH/c1-22-15(11-19)10-16(21)20-12-17(6-8-23-9-7-17)13-2-4-14(18)5-3-13;/h2-5,15H,6-12,19H2,1H3,(H,20,21);1H. The Morgan fingerprint density at radius 2 is 2.00 bits per heavy atom. The van der Waals surface area contributed by atoms with Gasteiger partial charge in [0, 0.05) is 43.9 Å². The maximum absolute atomic E-state index is 12.1. The fraction of sp³-hybridized carbons (Fsp3) is 0.588. The lowest BCUT2D eigenvalue weighted by molar-refractivity contribution is -0.123. The minimum Gasteiger partial charge on any atom is -0.381 e. The van der Waals surface area contributed by atoms with Crippen LogP contribution in [0.15, 0.2) is 24.3 Å². The second-order valence-corrected chi connectivity index (χ2v) is 6.41. The van der Waals surface area contributed by atoms with E-state index < -0.39 is 0 Å². The normalized spacial score (nSPS) is 17.6. The maximum Gasteiger partial charge on any atom is 0.222 e. The molecule has 1 amide bonds. The number of carbonyl (C=O) groups excluding carboxylic acids is 1. The summed E-state index contributed by atoms with van der Waals surface area (Å²) >= 11 is 5.99. The Balaban J connectivity index is 0.00000288. The first-order chi connectivity index (χ1) is 11.1. The molecular weight excluding hydrogens is 351 g/mol. The highest BCUT2D eigenvalue weighted by atomic mass is 35.5. The molecule has 0 aliphatic carbocycles. The summed E-state index contributed by atoms with van der Waals surface area (Å²) in [7, 11) is 1.57. The second-order valence-electron chi connectivity index (χ2n) is 5.97. The molecule has 2 rings (SSSR count). The highest BCUT2D eigenvalue weighted by Crippen LogP contribution is 2.34. The average molecular weight is 377 g/mol. The van der Waals surface area contributed by atoms with Gasteiger partial charge >= 0.3 is 0 Å². The molecule has 1 aliphatic rings. The molecule has 1 saturated heterocycles. The number of methoxy groups -OCH3 is 1. The zero-order valence-corrected chi connectivity index (χ0v) is 15.5. The molecule has 1 aromatic carbocycles. The minimum absolute atomic E-state index is 0. The molecule has 3 N–H and O–H groups in total. The van der Waals surface area contributed by atoms with Crippen molar-refractivity contribution in [2.45, 2.75) is 30.8 Å². The van der Waals surface area contributed by atoms with E-state index >= 15 is 0 Å². The molecule has 0 aromatic heterocycles. The zero-order valence-electron chi connectivity index (χ0n) is 13.9. The van der Waals surface area contributed by atoms with E-state index in [9.17, 15) is 4.79 Å². The molecule has 136 valence electrons. The number of hydrogen-bond donors (Lipinski definition) is 2. The Bertz CT molecular complexity index is 501. The van der Waals surface area contributed by atoms with Gasteiger partial charge in [-0.15, -0.1) is 12.4 Å². The summed E-state index contributed by atoms with van der Waals surface area (Å²) in [4.78, 5) is 12.1. The van der Waals surface area contributed by atoms with Crippen LogP contribution < -0.4 is 11.1 Å². The van der Waals surface area contributed by atoms with Crippen LogP contribution >= 0.6 is 24.0 Å². The molecule has 7 heteroatoms. The molecule has 1 aromatic rings. The summed E-state index contributed by atoms with van der Waals surface area (Å²) in [6, 6.07) is 7.87. The summed E-state index contributed by atoms with van der Waals surface area (Å²) in [6.45, 7) is 2.31. The van der Waals surface area contributed by atoms with Crippen LogP contribution in [-0.4, -0.2) is 45.4 Å². The van der Waals surface area contributed by atoms with Crippen molar-refractivity contribution in [2.75, 3.05) is 33.4 Å². The molecule has 1 atom stereocenters. The number of carbonyl (C=O) groups is 1. The number of nitrogens with one attached hydrogen (secondary N) is 1. The van der Waals surface area contributed by atoms with Gasteiger partial charge in [0.1, 0.15) is 0 Å². The van der Waals surface area contributed by atoms with E-state index in [4.69, 9.17) is 26.8 Å². The molecule has 1 aliphatic heterocycles. The zero-order chi connectivity index (χ0) is 16.7. The van der Waals surface area contributed by atoms with E-state index in [1.807, 2.05) is 24.3 Å². The van der Waals surface area contributed by atoms with Crippen LogP contribution in [0.5, 0.6) is 0 Å². The molecule has 1 heterocycles. The van der Waals surface area contributed by atoms with Crippen LogP contribution in [0.4, 0.5) is 0 Å². The smallest absolute Gasteiger partial charge is 0.222 e. The molecule has 24 heavy (non-hydrogen) atoms. The predicted molar refractivity (Wildman–Crippen MR) is 97.9 cm³/mol. The quantitative estimate of drug-likeness (QED) is 0.765. The molecule has 0 radical (unpaired) electrons. The molecular formula is C17H26Cl2N2O3. The van der Waals surface area contributed by atoms with Crippen molar-refractivity contribution in [3.8, 4) is 0 Å². The fourth-order valence-corrected chi connectivity index (χ4v) is 3.07. The monoisotopic (exact) mass is 376 g/mol. The molecule has 0 spiro atoms. The molecule has 1 unspecified atom stereocenters. The number of hydrogen-bond acceptors (Lipinski definition) is 4. The van der Waals surface area contributed by atoms with Gasteiger partial charge in [-0.05, 0) is 30.5 Å². The van der Waals surface area contributed by atoms with E-state index in [2.05, 4.69) is 5.32 Å². The van der Waals surface area contributed by atoms with Crippen LogP contribution in [0.1, 0.15) is 24.8 Å². The molecule has 0 bridgehead atoms. The van der Waals surface area contributed by atoms with Crippen LogP contribution in [0.2, 0.25) is 5.02 Å². The van der Waals surface area contributed by atoms with Crippen LogP contribution in [-0.2, 0) is 19.7 Å². The Morgan fingerprint density at radius 1 is 1.38 bits per heavy atom. The van der Waals surface area contributed by atoms with E-state index in [-0.39, 0.29) is 36.3 Å². The van der Waals surface area contributed by atoms with Crippen molar-refractivity contribution in [2.24, 2.45) is 5.73 Å². The summed E-state index contributed by atoms with van der Waals surface area (Å²) in [5, 5.41) is 3.76. The Morgan fingerprint density at radius 3 is 2.54 bits per heavy atom. The maximum atomic E-state index is 12.1. The van der Waals surface area contributed by atoms with Crippen molar-refractivity contribution in [1.82, 2.24) is 5.32 Å². The van der Waals surface area contributed by atoms with Crippen LogP contribution in [0, 0.1) is 0 Å². The van der Waals surface area contributed by atoms with E-state index in [1.54, 1.807) is 7.11 Å². The van der Waals surface area contributed by atoms with Crippen molar-refractivity contribution < 1.29 is 14.3 Å². The number of nitrogens with two attached hydrogens (primary N) is 1. The van der Waals surface area contributed by atoms with E-state index in [0.29, 0.717) is 31.3 Å². The molecule has 1 fully saturated rings. The van der Waals surface area contributed by atoms with Gasteiger partial charge in [-0.25, -0.2) is 0 Å². The number of rotatable bonds is 7. The van der Waals surface area contributed by atoms with Crippen molar-refractivity contribution in [3.05, 3.63) is 34.9 Å². The van der Waals surface area contributed by atoms with Crippen LogP contribution in [0.3, 0.4) is 0 Å². The molecule has 5 nitrogen and oxygen atoms in total. The third-order valence-electron chi connectivity index (χ3n) is 4.54. The predicted octanol–water partition coefficient (Wildman–Crippen LogP) is 2.29. The van der Waals surface area contributed by atoms with Crippen molar-refractivity contribution >= 4 is 29.9 Å². The first-order valence-electron chi connectivity index (χ1n) is 7.93. The Labute approximate surface area is 154 Å². The Hall–Kier alpha value is -0.850. The lowest BCUT2D eigenvalue weighted by Gasteiger charge is -2.38. The van der Waals surface area contributed by atoms with Gasteiger partial charge in [0.2, 0.25) is 5.91 Å². The average Bonchev–Trinajstić information content (AvgIpc) is 2.59.